The highest BCUT2D eigenvalue weighted by Crippen LogP contribution is 2.22. The topological polar surface area (TPSA) is 89.3 Å². The molecule has 1 heterocycles. The molecule has 0 unspecified atom stereocenters. The minimum atomic E-state index is -1.16. The lowest BCUT2D eigenvalue weighted by molar-refractivity contribution is 0.0662. The molecule has 0 atom stereocenters. The van der Waals surface area contributed by atoms with Gasteiger partial charge in [-0.05, 0) is 19.1 Å². The monoisotopic (exact) mass is 232 g/mol. The maximum Gasteiger partial charge on any atom is 0.373 e. The van der Waals surface area contributed by atoms with Crippen molar-refractivity contribution in [3.8, 4) is 11.5 Å². The van der Waals surface area contributed by atoms with Crippen LogP contribution in [0.4, 0.5) is 0 Å². The average Bonchev–Trinajstić information content (AvgIpc) is 2.73. The highest BCUT2D eigenvalue weighted by molar-refractivity contribution is 5.86. The van der Waals surface area contributed by atoms with Crippen LogP contribution in [0.15, 0.2) is 28.7 Å². The number of hydrogen-bond acceptors (Lipinski definition) is 4. The fraction of sp³-hybridized carbons (Fsp3) is 0.167. The van der Waals surface area contributed by atoms with Crippen LogP contribution in [0.3, 0.4) is 0 Å². The molecule has 17 heavy (non-hydrogen) atoms. The Morgan fingerprint density at radius 3 is 2.82 bits per heavy atom. The van der Waals surface area contributed by atoms with E-state index in [1.54, 1.807) is 0 Å². The van der Waals surface area contributed by atoms with Crippen molar-refractivity contribution < 1.29 is 14.3 Å². The predicted octanol–water partition coefficient (Wildman–Crippen LogP) is 1.81. The summed E-state index contributed by atoms with van der Waals surface area (Å²) in [6.07, 6.45) is 0. The summed E-state index contributed by atoms with van der Waals surface area (Å²) in [6.45, 7) is 1.98. The van der Waals surface area contributed by atoms with Crippen molar-refractivity contribution in [2.75, 3.05) is 0 Å². The van der Waals surface area contributed by atoms with Crippen molar-refractivity contribution in [2.24, 2.45) is 5.73 Å². The van der Waals surface area contributed by atoms with Crippen LogP contribution in [-0.2, 0) is 6.54 Å². The third-order valence-corrected chi connectivity index (χ3v) is 2.35. The fourth-order valence-corrected chi connectivity index (χ4v) is 1.56. The Labute approximate surface area is 97.9 Å². The molecular formula is C12H12N2O3. The van der Waals surface area contributed by atoms with Crippen molar-refractivity contribution in [1.29, 1.82) is 0 Å². The van der Waals surface area contributed by atoms with E-state index in [4.69, 9.17) is 15.3 Å². The van der Waals surface area contributed by atoms with E-state index in [1.165, 1.54) is 0 Å². The molecule has 5 nitrogen and oxygen atoms in total. The molecule has 2 rings (SSSR count). The number of rotatable bonds is 3. The summed E-state index contributed by atoms with van der Waals surface area (Å²) in [5, 5.41) is 8.92. The van der Waals surface area contributed by atoms with Crippen LogP contribution in [0.2, 0.25) is 0 Å². The second-order valence-corrected chi connectivity index (χ2v) is 3.67. The smallest absolute Gasteiger partial charge is 0.373 e. The summed E-state index contributed by atoms with van der Waals surface area (Å²) in [6, 6.07) is 7.48. The van der Waals surface area contributed by atoms with E-state index < -0.39 is 5.97 Å². The lowest BCUT2D eigenvalue weighted by Gasteiger charge is -1.96. The second kappa shape index (κ2) is 4.39. The van der Waals surface area contributed by atoms with Gasteiger partial charge in [-0.2, -0.15) is 0 Å². The second-order valence-electron chi connectivity index (χ2n) is 3.67. The van der Waals surface area contributed by atoms with E-state index in [0.717, 1.165) is 11.1 Å². The van der Waals surface area contributed by atoms with Crippen LogP contribution in [0, 0.1) is 6.92 Å². The predicted molar refractivity (Wildman–Crippen MR) is 61.5 cm³/mol. The van der Waals surface area contributed by atoms with Crippen molar-refractivity contribution in [2.45, 2.75) is 13.5 Å². The number of nitrogens with two attached hydrogens (primary N) is 1. The highest BCUT2D eigenvalue weighted by atomic mass is 16.4. The number of aromatic carboxylic acids is 1. The minimum Gasteiger partial charge on any atom is -0.475 e. The van der Waals surface area contributed by atoms with Gasteiger partial charge in [0.2, 0.25) is 11.7 Å². The molecule has 0 radical (unpaired) electrons. The molecule has 0 aliphatic heterocycles. The summed E-state index contributed by atoms with van der Waals surface area (Å²) in [7, 11) is 0. The number of carboxylic acids is 1. The first kappa shape index (κ1) is 11.3. The molecule has 88 valence electrons. The maximum atomic E-state index is 10.9. The Hall–Kier alpha value is -2.14. The van der Waals surface area contributed by atoms with Crippen LogP contribution in [0.1, 0.15) is 21.8 Å². The van der Waals surface area contributed by atoms with Gasteiger partial charge < -0.3 is 15.3 Å². The lowest BCUT2D eigenvalue weighted by Crippen LogP contribution is -2.04. The number of carbonyl (C=O) groups is 1. The quantitative estimate of drug-likeness (QED) is 0.842. The average molecular weight is 232 g/mol. The molecular weight excluding hydrogens is 220 g/mol. The summed E-state index contributed by atoms with van der Waals surface area (Å²) >= 11 is 0. The summed E-state index contributed by atoms with van der Waals surface area (Å²) in [5.41, 5.74) is 7.47. The summed E-state index contributed by atoms with van der Waals surface area (Å²) in [5.74, 6) is -1.06. The van der Waals surface area contributed by atoms with Gasteiger partial charge in [0, 0.05) is 12.1 Å². The first-order valence-electron chi connectivity index (χ1n) is 5.12. The molecule has 0 saturated heterocycles. The zero-order valence-corrected chi connectivity index (χ0v) is 9.30. The Morgan fingerprint density at radius 2 is 2.29 bits per heavy atom. The van der Waals surface area contributed by atoms with E-state index in [1.807, 2.05) is 31.2 Å². The van der Waals surface area contributed by atoms with Gasteiger partial charge >= 0.3 is 5.97 Å². The largest absolute Gasteiger partial charge is 0.475 e. The van der Waals surface area contributed by atoms with Crippen LogP contribution in [0.5, 0.6) is 0 Å². The zero-order chi connectivity index (χ0) is 12.4. The van der Waals surface area contributed by atoms with Gasteiger partial charge in [0.05, 0.1) is 0 Å². The Morgan fingerprint density at radius 1 is 1.53 bits per heavy atom. The zero-order valence-electron chi connectivity index (χ0n) is 9.30. The molecule has 5 heteroatoms. The normalized spacial score (nSPS) is 10.5. The summed E-state index contributed by atoms with van der Waals surface area (Å²) in [4.78, 5) is 15.0. The SMILES string of the molecule is Cc1cccc(-c2nc(CN)c(C(=O)O)o2)c1. The van der Waals surface area contributed by atoms with Crippen LogP contribution >= 0.6 is 0 Å². The van der Waals surface area contributed by atoms with Gasteiger partial charge in [0.15, 0.2) is 0 Å². The highest BCUT2D eigenvalue weighted by Gasteiger charge is 2.19. The molecule has 0 aliphatic rings. The van der Waals surface area contributed by atoms with Crippen LogP contribution in [-0.4, -0.2) is 16.1 Å². The number of aromatic nitrogens is 1. The molecule has 0 aliphatic carbocycles. The van der Waals surface area contributed by atoms with E-state index in [9.17, 15) is 4.79 Å². The molecule has 1 aromatic heterocycles. The molecule has 3 N–H and O–H groups in total. The van der Waals surface area contributed by atoms with E-state index >= 15 is 0 Å². The minimum absolute atomic E-state index is 0.0386. The van der Waals surface area contributed by atoms with Crippen LogP contribution in [0.25, 0.3) is 11.5 Å². The van der Waals surface area contributed by atoms with Gasteiger partial charge in [-0.1, -0.05) is 17.7 Å². The lowest BCUT2D eigenvalue weighted by atomic mass is 10.1. The number of hydrogen-bond donors (Lipinski definition) is 2. The Balaban J connectivity index is 2.50. The number of nitrogens with zero attached hydrogens (tertiary/aromatic N) is 1. The number of aryl methyl sites for hydroxylation is 1. The molecule has 0 spiro atoms. The fourth-order valence-electron chi connectivity index (χ4n) is 1.56. The first-order chi connectivity index (χ1) is 8.11. The molecule has 0 amide bonds. The summed E-state index contributed by atoms with van der Waals surface area (Å²) < 4.78 is 5.22. The third-order valence-electron chi connectivity index (χ3n) is 2.35. The van der Waals surface area contributed by atoms with E-state index in [0.29, 0.717) is 0 Å². The number of benzene rings is 1. The van der Waals surface area contributed by atoms with Gasteiger partial charge in [0.25, 0.3) is 0 Å². The van der Waals surface area contributed by atoms with Crippen molar-refractivity contribution in [1.82, 2.24) is 4.98 Å². The Bertz CT molecular complexity index is 561. The molecule has 0 fully saturated rings. The maximum absolute atomic E-state index is 10.9. The number of oxazole rings is 1. The van der Waals surface area contributed by atoms with Gasteiger partial charge in [-0.3, -0.25) is 0 Å². The Kier molecular flexibility index (Phi) is 2.93. The van der Waals surface area contributed by atoms with Gasteiger partial charge in [-0.15, -0.1) is 0 Å². The third kappa shape index (κ3) is 2.19. The van der Waals surface area contributed by atoms with Gasteiger partial charge in [-0.25, -0.2) is 9.78 Å². The molecule has 1 aromatic carbocycles. The van der Waals surface area contributed by atoms with Crippen molar-refractivity contribution in [3.63, 3.8) is 0 Å². The van der Waals surface area contributed by atoms with Crippen molar-refractivity contribution >= 4 is 5.97 Å². The van der Waals surface area contributed by atoms with Crippen molar-refractivity contribution in [3.05, 3.63) is 41.3 Å². The standard InChI is InChI=1S/C12H12N2O3/c1-7-3-2-4-8(5-7)11-14-9(6-13)10(17-11)12(15)16/h2-5H,6,13H2,1H3,(H,15,16). The van der Waals surface area contributed by atoms with E-state index in [2.05, 4.69) is 4.98 Å². The molecule has 0 saturated carbocycles. The van der Waals surface area contributed by atoms with Gasteiger partial charge in [0.1, 0.15) is 5.69 Å². The number of carboxylic acid groups (broad SMARTS) is 1. The van der Waals surface area contributed by atoms with Crippen LogP contribution < -0.4 is 5.73 Å². The molecule has 0 bridgehead atoms. The molecule has 2 aromatic rings. The van der Waals surface area contributed by atoms with E-state index in [-0.39, 0.29) is 23.9 Å². The first-order valence-corrected chi connectivity index (χ1v) is 5.12.